The lowest BCUT2D eigenvalue weighted by Crippen LogP contribution is -2.19. The molecule has 0 radical (unpaired) electrons. The fourth-order valence-electron chi connectivity index (χ4n) is 2.18. The molecular formula is C16H19N3O6S. The van der Waals surface area contributed by atoms with Gasteiger partial charge in [-0.25, -0.2) is 13.1 Å². The Bertz CT molecular complexity index is 885. The lowest BCUT2D eigenvalue weighted by molar-refractivity contribution is -0.384. The first-order chi connectivity index (χ1) is 12.4. The van der Waals surface area contributed by atoms with E-state index in [0.717, 1.165) is 6.07 Å². The molecule has 0 fully saturated rings. The van der Waals surface area contributed by atoms with E-state index >= 15 is 0 Å². The van der Waals surface area contributed by atoms with Crippen LogP contribution in [0.25, 0.3) is 0 Å². The van der Waals surface area contributed by atoms with Crippen LogP contribution in [0.4, 0.5) is 11.4 Å². The van der Waals surface area contributed by atoms with Crippen LogP contribution in [0.1, 0.15) is 0 Å². The second-order valence-corrected chi connectivity index (χ2v) is 6.96. The van der Waals surface area contributed by atoms with Crippen LogP contribution >= 0.6 is 0 Å². The highest BCUT2D eigenvalue weighted by atomic mass is 32.2. The number of sulfonamides is 1. The SMILES string of the molecule is CNS(=O)(=O)c1ccc(NCCOc2ccccc2OC)c([N+](=O)[O-])c1. The van der Waals surface area contributed by atoms with Gasteiger partial charge in [0.05, 0.1) is 16.9 Å². The van der Waals surface area contributed by atoms with E-state index in [4.69, 9.17) is 9.47 Å². The summed E-state index contributed by atoms with van der Waals surface area (Å²) in [5, 5.41) is 14.1. The molecule has 10 heteroatoms. The van der Waals surface area contributed by atoms with Crippen LogP contribution in [-0.2, 0) is 10.0 Å². The number of anilines is 1. The van der Waals surface area contributed by atoms with Crippen molar-refractivity contribution in [3.63, 3.8) is 0 Å². The Kier molecular flexibility index (Phi) is 6.36. The summed E-state index contributed by atoms with van der Waals surface area (Å²) in [6, 6.07) is 10.8. The molecule has 0 aliphatic heterocycles. The van der Waals surface area contributed by atoms with Gasteiger partial charge in [0.2, 0.25) is 10.0 Å². The Hall–Kier alpha value is -2.85. The zero-order valence-corrected chi connectivity index (χ0v) is 15.1. The summed E-state index contributed by atoms with van der Waals surface area (Å²) >= 11 is 0. The van der Waals surface area contributed by atoms with Crippen LogP contribution in [0.5, 0.6) is 11.5 Å². The van der Waals surface area contributed by atoms with E-state index in [1.165, 1.54) is 26.3 Å². The number of nitrogens with zero attached hydrogens (tertiary/aromatic N) is 1. The summed E-state index contributed by atoms with van der Waals surface area (Å²) in [4.78, 5) is 10.4. The molecule has 2 aromatic carbocycles. The number of benzene rings is 2. The number of nitro groups is 1. The Balaban J connectivity index is 2.06. The second kappa shape index (κ2) is 8.50. The molecule has 0 bridgehead atoms. The predicted octanol–water partition coefficient (Wildman–Crippen LogP) is 2.00. The van der Waals surface area contributed by atoms with E-state index in [1.54, 1.807) is 18.2 Å². The number of rotatable bonds is 9. The van der Waals surface area contributed by atoms with E-state index in [1.807, 2.05) is 6.07 Å². The maximum atomic E-state index is 11.8. The highest BCUT2D eigenvalue weighted by molar-refractivity contribution is 7.89. The monoisotopic (exact) mass is 381 g/mol. The maximum Gasteiger partial charge on any atom is 0.293 e. The van der Waals surface area contributed by atoms with Gasteiger partial charge in [0.1, 0.15) is 12.3 Å². The number of nitrogens with one attached hydrogen (secondary N) is 2. The molecule has 0 aliphatic carbocycles. The predicted molar refractivity (Wildman–Crippen MR) is 96.3 cm³/mol. The van der Waals surface area contributed by atoms with Gasteiger partial charge in [-0.3, -0.25) is 10.1 Å². The minimum Gasteiger partial charge on any atom is -0.493 e. The van der Waals surface area contributed by atoms with E-state index in [-0.39, 0.29) is 29.4 Å². The van der Waals surface area contributed by atoms with Gasteiger partial charge in [0.15, 0.2) is 11.5 Å². The molecule has 140 valence electrons. The first kappa shape index (κ1) is 19.5. The molecule has 0 atom stereocenters. The molecule has 0 amide bonds. The number of ether oxygens (including phenoxy) is 2. The number of hydrogen-bond acceptors (Lipinski definition) is 7. The molecule has 0 saturated heterocycles. The second-order valence-electron chi connectivity index (χ2n) is 5.07. The van der Waals surface area contributed by atoms with Crippen molar-refractivity contribution in [3.05, 3.63) is 52.6 Å². The number of methoxy groups -OCH3 is 1. The third kappa shape index (κ3) is 4.61. The molecule has 0 heterocycles. The molecule has 0 saturated carbocycles. The third-order valence-corrected chi connectivity index (χ3v) is 4.90. The average molecular weight is 381 g/mol. The Morgan fingerprint density at radius 2 is 1.85 bits per heavy atom. The molecular weight excluding hydrogens is 362 g/mol. The Labute approximate surface area is 151 Å². The standard InChI is InChI=1S/C16H19N3O6S/c1-17-26(22,23)12-7-8-13(14(11-12)19(20)21)18-9-10-25-16-6-4-3-5-15(16)24-2/h3-8,11,17-18H,9-10H2,1-2H3. The molecule has 0 spiro atoms. The molecule has 2 rings (SSSR count). The summed E-state index contributed by atoms with van der Waals surface area (Å²) in [6.45, 7) is 0.505. The van der Waals surface area contributed by atoms with Gasteiger partial charge in [-0.05, 0) is 31.3 Å². The lowest BCUT2D eigenvalue weighted by atomic mass is 10.2. The first-order valence-corrected chi connectivity index (χ1v) is 9.09. The van der Waals surface area contributed by atoms with Crippen molar-refractivity contribution < 1.29 is 22.8 Å². The molecule has 9 nitrogen and oxygen atoms in total. The van der Waals surface area contributed by atoms with E-state index < -0.39 is 14.9 Å². The van der Waals surface area contributed by atoms with Crippen LogP contribution in [0.3, 0.4) is 0 Å². The summed E-state index contributed by atoms with van der Waals surface area (Å²) in [5.74, 6) is 1.14. The number of nitro benzene ring substituents is 1. The van der Waals surface area contributed by atoms with Gasteiger partial charge in [-0.15, -0.1) is 0 Å². The number of para-hydroxylation sites is 2. The Morgan fingerprint density at radius 3 is 2.46 bits per heavy atom. The van der Waals surface area contributed by atoms with E-state index in [0.29, 0.717) is 11.5 Å². The van der Waals surface area contributed by atoms with Crippen molar-refractivity contribution in [1.29, 1.82) is 0 Å². The van der Waals surface area contributed by atoms with Crippen molar-refractivity contribution in [1.82, 2.24) is 4.72 Å². The summed E-state index contributed by atoms with van der Waals surface area (Å²) in [5.41, 5.74) is -0.132. The van der Waals surface area contributed by atoms with Crippen molar-refractivity contribution in [2.75, 3.05) is 32.6 Å². The van der Waals surface area contributed by atoms with Gasteiger partial charge in [-0.2, -0.15) is 0 Å². The zero-order valence-electron chi connectivity index (χ0n) is 14.3. The van der Waals surface area contributed by atoms with E-state index in [2.05, 4.69) is 10.0 Å². The van der Waals surface area contributed by atoms with Crippen molar-refractivity contribution in [3.8, 4) is 11.5 Å². The van der Waals surface area contributed by atoms with Crippen LogP contribution in [0, 0.1) is 10.1 Å². The lowest BCUT2D eigenvalue weighted by Gasteiger charge is -2.12. The van der Waals surface area contributed by atoms with Gasteiger partial charge >= 0.3 is 0 Å². The van der Waals surface area contributed by atoms with Gasteiger partial charge in [0, 0.05) is 12.6 Å². The number of hydrogen-bond donors (Lipinski definition) is 2. The normalized spacial score (nSPS) is 11.0. The Morgan fingerprint density at radius 1 is 1.15 bits per heavy atom. The maximum absolute atomic E-state index is 11.8. The molecule has 0 aromatic heterocycles. The summed E-state index contributed by atoms with van der Waals surface area (Å²) < 4.78 is 36.4. The van der Waals surface area contributed by atoms with Crippen molar-refractivity contribution in [2.45, 2.75) is 4.90 Å². The van der Waals surface area contributed by atoms with Crippen molar-refractivity contribution in [2.24, 2.45) is 0 Å². The minimum atomic E-state index is -3.76. The van der Waals surface area contributed by atoms with Gasteiger partial charge in [-0.1, -0.05) is 12.1 Å². The summed E-state index contributed by atoms with van der Waals surface area (Å²) in [6.07, 6.45) is 0. The smallest absolute Gasteiger partial charge is 0.293 e. The first-order valence-electron chi connectivity index (χ1n) is 7.60. The molecule has 0 unspecified atom stereocenters. The topological polar surface area (TPSA) is 120 Å². The molecule has 0 aliphatic rings. The van der Waals surface area contributed by atoms with Gasteiger partial charge in [0.25, 0.3) is 5.69 Å². The van der Waals surface area contributed by atoms with Crippen LogP contribution in [-0.4, -0.2) is 40.7 Å². The fourth-order valence-corrected chi connectivity index (χ4v) is 2.93. The van der Waals surface area contributed by atoms with Crippen LogP contribution in [0.15, 0.2) is 47.4 Å². The van der Waals surface area contributed by atoms with Crippen molar-refractivity contribution >= 4 is 21.4 Å². The minimum absolute atomic E-state index is 0.178. The van der Waals surface area contributed by atoms with Gasteiger partial charge < -0.3 is 14.8 Å². The quantitative estimate of drug-likeness (QED) is 0.387. The fraction of sp³-hybridized carbons (Fsp3) is 0.250. The highest BCUT2D eigenvalue weighted by Crippen LogP contribution is 2.28. The average Bonchev–Trinajstić information content (AvgIpc) is 2.65. The molecule has 2 N–H and O–H groups in total. The summed E-state index contributed by atoms with van der Waals surface area (Å²) in [7, 11) is -0.990. The van der Waals surface area contributed by atoms with E-state index in [9.17, 15) is 18.5 Å². The third-order valence-electron chi connectivity index (χ3n) is 3.49. The van der Waals surface area contributed by atoms with Crippen LogP contribution < -0.4 is 19.5 Å². The largest absolute Gasteiger partial charge is 0.493 e. The molecule has 26 heavy (non-hydrogen) atoms. The highest BCUT2D eigenvalue weighted by Gasteiger charge is 2.20. The molecule has 2 aromatic rings. The zero-order chi connectivity index (χ0) is 19.2. The van der Waals surface area contributed by atoms with Crippen LogP contribution in [0.2, 0.25) is 0 Å².